The van der Waals surface area contributed by atoms with Crippen LogP contribution in [0.25, 0.3) is 0 Å². The summed E-state index contributed by atoms with van der Waals surface area (Å²) in [7, 11) is 0. The summed E-state index contributed by atoms with van der Waals surface area (Å²) in [6.07, 6.45) is 9.84. The Hall–Kier alpha value is 0.210. The van der Waals surface area contributed by atoms with Crippen LogP contribution in [0.4, 0.5) is 0 Å². The molecule has 0 amide bonds. The van der Waals surface area contributed by atoms with Crippen LogP contribution >= 0.6 is 11.6 Å². The van der Waals surface area contributed by atoms with Crippen molar-refractivity contribution in [3.05, 3.63) is 0 Å². The Balaban J connectivity index is 2.11. The lowest BCUT2D eigenvalue weighted by Crippen LogP contribution is -2.53. The Labute approximate surface area is 124 Å². The average molecular weight is 290 g/mol. The maximum absolute atomic E-state index is 5.95. The summed E-state index contributed by atoms with van der Waals surface area (Å²) in [5.74, 6) is 0.608. The number of hydrogen-bond donors (Lipinski definition) is 0. The topological polar surface area (TPSA) is 12.5 Å². The molecule has 0 N–H and O–H groups in total. The Morgan fingerprint density at radius 2 is 1.74 bits per heavy atom. The third-order valence-corrected chi connectivity index (χ3v) is 4.15. The maximum Gasteiger partial charge on any atom is 0.0844 e. The second-order valence-corrected chi connectivity index (χ2v) is 6.82. The first kappa shape index (κ1) is 17.3. The molecule has 1 atom stereocenters. The second-order valence-electron chi connectivity index (χ2n) is 6.51. The number of hydrogen-bond acceptors (Lipinski definition) is 2. The summed E-state index contributed by atoms with van der Waals surface area (Å²) < 4.78 is 5.95. The molecule has 1 aliphatic rings. The van der Waals surface area contributed by atoms with Gasteiger partial charge in [0.25, 0.3) is 0 Å². The van der Waals surface area contributed by atoms with Crippen LogP contribution in [-0.4, -0.2) is 42.1 Å². The minimum Gasteiger partial charge on any atom is -0.368 e. The molecule has 1 saturated heterocycles. The standard InChI is InChI=1S/C16H32ClNO/c1-4-5-6-7-8-9-10-11-18-13-15(12-17)19-16(2,3)14-18/h15H,4-14H2,1-3H3. The highest BCUT2D eigenvalue weighted by Gasteiger charge is 2.32. The highest BCUT2D eigenvalue weighted by molar-refractivity contribution is 6.18. The number of nitrogens with zero attached hydrogens (tertiary/aromatic N) is 1. The van der Waals surface area contributed by atoms with Crippen molar-refractivity contribution in [2.75, 3.05) is 25.5 Å². The second kappa shape index (κ2) is 9.20. The molecule has 0 aromatic heterocycles. The monoisotopic (exact) mass is 289 g/mol. The minimum atomic E-state index is -0.0427. The summed E-state index contributed by atoms with van der Waals surface area (Å²) in [6, 6.07) is 0. The summed E-state index contributed by atoms with van der Waals surface area (Å²) >= 11 is 5.95. The van der Waals surface area contributed by atoms with Gasteiger partial charge in [-0.25, -0.2) is 0 Å². The van der Waals surface area contributed by atoms with Gasteiger partial charge in [-0.1, -0.05) is 45.4 Å². The molecule has 1 fully saturated rings. The van der Waals surface area contributed by atoms with Crippen molar-refractivity contribution in [3.63, 3.8) is 0 Å². The molecule has 0 aromatic rings. The van der Waals surface area contributed by atoms with Gasteiger partial charge in [0.2, 0.25) is 0 Å². The molecule has 114 valence electrons. The third-order valence-electron chi connectivity index (χ3n) is 3.80. The molecule has 0 aliphatic carbocycles. The van der Waals surface area contributed by atoms with Crippen LogP contribution < -0.4 is 0 Å². The predicted molar refractivity (Wildman–Crippen MR) is 84.1 cm³/mol. The Morgan fingerprint density at radius 1 is 1.11 bits per heavy atom. The first-order valence-corrected chi connectivity index (χ1v) is 8.57. The van der Waals surface area contributed by atoms with Crippen molar-refractivity contribution in [2.45, 2.75) is 77.4 Å². The first-order valence-electron chi connectivity index (χ1n) is 8.03. The largest absolute Gasteiger partial charge is 0.368 e. The molecule has 0 saturated carbocycles. The van der Waals surface area contributed by atoms with Crippen molar-refractivity contribution in [1.82, 2.24) is 4.90 Å². The molecule has 0 spiro atoms. The molecular formula is C16H32ClNO. The van der Waals surface area contributed by atoms with Gasteiger partial charge in [-0.15, -0.1) is 11.6 Å². The van der Waals surface area contributed by atoms with E-state index in [4.69, 9.17) is 16.3 Å². The zero-order valence-corrected chi connectivity index (χ0v) is 13.8. The number of alkyl halides is 1. The van der Waals surface area contributed by atoms with Crippen LogP contribution in [0.3, 0.4) is 0 Å². The van der Waals surface area contributed by atoms with E-state index in [2.05, 4.69) is 25.7 Å². The van der Waals surface area contributed by atoms with Crippen LogP contribution in [0.1, 0.15) is 65.7 Å². The van der Waals surface area contributed by atoms with Crippen molar-refractivity contribution in [2.24, 2.45) is 0 Å². The van der Waals surface area contributed by atoms with Crippen LogP contribution in [0, 0.1) is 0 Å². The lowest BCUT2D eigenvalue weighted by molar-refractivity contribution is -0.127. The van der Waals surface area contributed by atoms with E-state index in [1.165, 1.54) is 51.5 Å². The molecule has 1 rings (SSSR count). The van der Waals surface area contributed by atoms with E-state index in [1.54, 1.807) is 0 Å². The van der Waals surface area contributed by atoms with Crippen molar-refractivity contribution < 1.29 is 4.74 Å². The molecule has 19 heavy (non-hydrogen) atoms. The fourth-order valence-electron chi connectivity index (χ4n) is 2.96. The molecule has 1 aliphatic heterocycles. The number of morpholine rings is 1. The number of rotatable bonds is 9. The highest BCUT2D eigenvalue weighted by atomic mass is 35.5. The van der Waals surface area contributed by atoms with Gasteiger partial charge in [0, 0.05) is 19.0 Å². The van der Waals surface area contributed by atoms with Gasteiger partial charge >= 0.3 is 0 Å². The Kier molecular flexibility index (Phi) is 8.36. The Morgan fingerprint density at radius 3 is 2.37 bits per heavy atom. The van der Waals surface area contributed by atoms with E-state index in [0.29, 0.717) is 5.88 Å². The maximum atomic E-state index is 5.95. The fourth-order valence-corrected chi connectivity index (χ4v) is 3.12. The van der Waals surface area contributed by atoms with Gasteiger partial charge in [-0.2, -0.15) is 0 Å². The van der Waals surface area contributed by atoms with E-state index in [9.17, 15) is 0 Å². The fraction of sp³-hybridized carbons (Fsp3) is 1.00. The van der Waals surface area contributed by atoms with Gasteiger partial charge < -0.3 is 4.74 Å². The first-order chi connectivity index (χ1) is 9.07. The lowest BCUT2D eigenvalue weighted by atomic mass is 10.0. The minimum absolute atomic E-state index is 0.0427. The SMILES string of the molecule is CCCCCCCCCN1CC(CCl)OC(C)(C)C1. The summed E-state index contributed by atoms with van der Waals surface area (Å²) in [5.41, 5.74) is -0.0427. The van der Waals surface area contributed by atoms with E-state index in [0.717, 1.165) is 13.1 Å². The van der Waals surface area contributed by atoms with Gasteiger partial charge in [-0.05, 0) is 26.8 Å². The van der Waals surface area contributed by atoms with E-state index in [-0.39, 0.29) is 11.7 Å². The van der Waals surface area contributed by atoms with Crippen LogP contribution in [0.2, 0.25) is 0 Å². The number of ether oxygens (including phenoxy) is 1. The highest BCUT2D eigenvalue weighted by Crippen LogP contribution is 2.22. The molecule has 2 nitrogen and oxygen atoms in total. The molecule has 0 aromatic carbocycles. The van der Waals surface area contributed by atoms with E-state index in [1.807, 2.05) is 0 Å². The molecule has 3 heteroatoms. The van der Waals surface area contributed by atoms with Gasteiger partial charge in [0.05, 0.1) is 11.7 Å². The summed E-state index contributed by atoms with van der Waals surface area (Å²) in [5, 5.41) is 0. The molecule has 1 unspecified atom stereocenters. The van der Waals surface area contributed by atoms with Gasteiger partial charge in [0.15, 0.2) is 0 Å². The molecule has 0 bridgehead atoms. The van der Waals surface area contributed by atoms with Crippen LogP contribution in [0.5, 0.6) is 0 Å². The van der Waals surface area contributed by atoms with Crippen LogP contribution in [-0.2, 0) is 4.74 Å². The third kappa shape index (κ3) is 7.53. The van der Waals surface area contributed by atoms with E-state index < -0.39 is 0 Å². The van der Waals surface area contributed by atoms with E-state index >= 15 is 0 Å². The quantitative estimate of drug-likeness (QED) is 0.459. The number of halogens is 1. The van der Waals surface area contributed by atoms with Gasteiger partial charge in [0.1, 0.15) is 0 Å². The lowest BCUT2D eigenvalue weighted by Gasteiger charge is -2.42. The molecule has 1 heterocycles. The van der Waals surface area contributed by atoms with Crippen LogP contribution in [0.15, 0.2) is 0 Å². The average Bonchev–Trinajstić information content (AvgIpc) is 2.36. The zero-order chi connectivity index (χ0) is 14.1. The smallest absolute Gasteiger partial charge is 0.0844 e. The normalized spacial score (nSPS) is 23.7. The van der Waals surface area contributed by atoms with Crippen molar-refractivity contribution in [1.29, 1.82) is 0 Å². The summed E-state index contributed by atoms with van der Waals surface area (Å²) in [4.78, 5) is 2.53. The van der Waals surface area contributed by atoms with Crippen molar-refractivity contribution >= 4 is 11.6 Å². The molecular weight excluding hydrogens is 258 g/mol. The summed E-state index contributed by atoms with van der Waals surface area (Å²) in [6.45, 7) is 9.85. The molecule has 0 radical (unpaired) electrons. The van der Waals surface area contributed by atoms with Gasteiger partial charge in [-0.3, -0.25) is 4.90 Å². The zero-order valence-electron chi connectivity index (χ0n) is 13.1. The Bertz CT molecular complexity index is 233. The van der Waals surface area contributed by atoms with Crippen molar-refractivity contribution in [3.8, 4) is 0 Å². The number of unbranched alkanes of at least 4 members (excludes halogenated alkanes) is 6. The predicted octanol–water partition coefficient (Wildman–Crippen LogP) is 4.46.